The van der Waals surface area contributed by atoms with Crippen molar-refractivity contribution in [1.29, 1.82) is 0 Å². The Morgan fingerprint density at radius 3 is 2.65 bits per heavy atom. The van der Waals surface area contributed by atoms with E-state index in [0.29, 0.717) is 5.56 Å². The molecule has 0 amide bonds. The lowest BCUT2D eigenvalue weighted by Crippen LogP contribution is -2.00. The molecule has 0 aliphatic carbocycles. The fourth-order valence-corrected chi connectivity index (χ4v) is 1.97. The highest BCUT2D eigenvalue weighted by Gasteiger charge is 2.09. The first-order valence-electron chi connectivity index (χ1n) is 5.97. The average molecular weight is 275 g/mol. The molecule has 0 saturated carbocycles. The van der Waals surface area contributed by atoms with Gasteiger partial charge in [0.2, 0.25) is 0 Å². The van der Waals surface area contributed by atoms with Crippen molar-refractivity contribution in [2.45, 2.75) is 6.54 Å². The number of anilines is 1. The van der Waals surface area contributed by atoms with E-state index in [1.165, 1.54) is 0 Å². The van der Waals surface area contributed by atoms with E-state index in [2.05, 4.69) is 15.5 Å². The van der Waals surface area contributed by atoms with E-state index in [4.69, 9.17) is 5.11 Å². The number of aromatic hydroxyl groups is 1. The van der Waals surface area contributed by atoms with Crippen LogP contribution >= 0.6 is 0 Å². The molecule has 3 aromatic rings. The standard InChI is InChI=1S/C14H11F2N3O/c15-11-3-8(4-12(16)14(11)20)6-17-10-2-1-9-7-18-19-13(9)5-10/h1-5,7,17,20H,6H2,(H,18,19). The lowest BCUT2D eigenvalue weighted by atomic mass is 10.2. The smallest absolute Gasteiger partial charge is 0.187 e. The van der Waals surface area contributed by atoms with Gasteiger partial charge in [-0.25, -0.2) is 8.78 Å². The van der Waals surface area contributed by atoms with Gasteiger partial charge in [0.25, 0.3) is 0 Å². The molecule has 0 unspecified atom stereocenters. The minimum Gasteiger partial charge on any atom is -0.503 e. The number of nitrogens with one attached hydrogen (secondary N) is 2. The van der Waals surface area contributed by atoms with E-state index in [-0.39, 0.29) is 6.54 Å². The van der Waals surface area contributed by atoms with Gasteiger partial charge in [-0.3, -0.25) is 5.10 Å². The highest BCUT2D eigenvalue weighted by molar-refractivity contribution is 5.81. The Kier molecular flexibility index (Phi) is 2.98. The second kappa shape index (κ2) is 4.80. The Morgan fingerprint density at radius 2 is 1.90 bits per heavy atom. The van der Waals surface area contributed by atoms with Crippen LogP contribution in [0.5, 0.6) is 5.75 Å². The van der Waals surface area contributed by atoms with Crippen LogP contribution in [0.4, 0.5) is 14.5 Å². The Bertz CT molecular complexity index is 747. The summed E-state index contributed by atoms with van der Waals surface area (Å²) in [5, 5.41) is 19.8. The number of benzene rings is 2. The molecule has 0 spiro atoms. The number of aromatic nitrogens is 2. The largest absolute Gasteiger partial charge is 0.503 e. The van der Waals surface area contributed by atoms with E-state index in [1.807, 2.05) is 18.2 Å². The molecule has 1 heterocycles. The third-order valence-electron chi connectivity index (χ3n) is 3.02. The molecule has 0 saturated heterocycles. The van der Waals surface area contributed by atoms with E-state index in [9.17, 15) is 8.78 Å². The maximum absolute atomic E-state index is 13.2. The Hall–Kier alpha value is -2.63. The van der Waals surface area contributed by atoms with Crippen molar-refractivity contribution >= 4 is 16.6 Å². The van der Waals surface area contributed by atoms with Crippen LogP contribution < -0.4 is 5.32 Å². The molecule has 0 atom stereocenters. The van der Waals surface area contributed by atoms with Gasteiger partial charge in [0.05, 0.1) is 11.7 Å². The predicted octanol–water partition coefficient (Wildman–Crippen LogP) is 3.16. The fourth-order valence-electron chi connectivity index (χ4n) is 1.97. The molecule has 0 bridgehead atoms. The van der Waals surface area contributed by atoms with Crippen molar-refractivity contribution in [3.05, 3.63) is 53.7 Å². The zero-order valence-electron chi connectivity index (χ0n) is 10.3. The predicted molar refractivity (Wildman–Crippen MR) is 71.4 cm³/mol. The first-order chi connectivity index (χ1) is 9.63. The first kappa shape index (κ1) is 12.4. The number of fused-ring (bicyclic) bond motifs is 1. The molecular formula is C14H11F2N3O. The normalized spacial score (nSPS) is 10.9. The molecule has 6 heteroatoms. The number of nitrogens with zero attached hydrogens (tertiary/aromatic N) is 1. The summed E-state index contributed by atoms with van der Waals surface area (Å²) in [6, 6.07) is 7.79. The Morgan fingerprint density at radius 1 is 1.15 bits per heavy atom. The minimum atomic E-state index is -0.967. The lowest BCUT2D eigenvalue weighted by molar-refractivity contribution is 0.395. The molecule has 0 aliphatic heterocycles. The molecule has 0 radical (unpaired) electrons. The summed E-state index contributed by atoms with van der Waals surface area (Å²) in [5.74, 6) is -2.88. The quantitative estimate of drug-likeness (QED) is 0.688. The first-order valence-corrected chi connectivity index (χ1v) is 5.97. The third kappa shape index (κ3) is 2.27. The summed E-state index contributed by atoms with van der Waals surface area (Å²) in [5.41, 5.74) is 2.08. The van der Waals surface area contributed by atoms with Crippen LogP contribution in [0, 0.1) is 11.6 Å². The summed E-state index contributed by atoms with van der Waals surface area (Å²) in [6.07, 6.45) is 1.71. The number of phenolic OH excluding ortho intramolecular Hbond substituents is 1. The molecule has 2 aromatic carbocycles. The number of phenols is 1. The van der Waals surface area contributed by atoms with Gasteiger partial charge in [0, 0.05) is 17.6 Å². The average Bonchev–Trinajstić information content (AvgIpc) is 2.89. The van der Waals surface area contributed by atoms with Gasteiger partial charge in [-0.15, -0.1) is 0 Å². The van der Waals surface area contributed by atoms with Crippen molar-refractivity contribution in [2.75, 3.05) is 5.32 Å². The second-order valence-electron chi connectivity index (χ2n) is 4.43. The number of hydrogen-bond donors (Lipinski definition) is 3. The zero-order valence-corrected chi connectivity index (χ0v) is 10.3. The van der Waals surface area contributed by atoms with E-state index in [1.54, 1.807) is 6.20 Å². The van der Waals surface area contributed by atoms with Crippen molar-refractivity contribution in [2.24, 2.45) is 0 Å². The van der Waals surface area contributed by atoms with Gasteiger partial charge in [0.15, 0.2) is 17.4 Å². The van der Waals surface area contributed by atoms with Crippen molar-refractivity contribution in [3.63, 3.8) is 0 Å². The SMILES string of the molecule is Oc1c(F)cc(CNc2ccc3cn[nH]c3c2)cc1F. The molecule has 20 heavy (non-hydrogen) atoms. The summed E-state index contributed by atoms with van der Waals surface area (Å²) < 4.78 is 26.4. The minimum absolute atomic E-state index is 0.244. The number of rotatable bonds is 3. The van der Waals surface area contributed by atoms with Crippen molar-refractivity contribution < 1.29 is 13.9 Å². The highest BCUT2D eigenvalue weighted by atomic mass is 19.1. The van der Waals surface area contributed by atoms with Crippen LogP contribution in [0.15, 0.2) is 36.5 Å². The molecule has 0 fully saturated rings. The molecule has 3 rings (SSSR count). The summed E-state index contributed by atoms with van der Waals surface area (Å²) in [4.78, 5) is 0. The molecular weight excluding hydrogens is 264 g/mol. The van der Waals surface area contributed by atoms with Crippen LogP contribution in [-0.4, -0.2) is 15.3 Å². The van der Waals surface area contributed by atoms with Gasteiger partial charge < -0.3 is 10.4 Å². The fraction of sp³-hybridized carbons (Fsp3) is 0.0714. The summed E-state index contributed by atoms with van der Waals surface area (Å²) in [7, 11) is 0. The van der Waals surface area contributed by atoms with E-state index in [0.717, 1.165) is 28.7 Å². The van der Waals surface area contributed by atoms with Gasteiger partial charge in [-0.05, 0) is 35.9 Å². The summed E-state index contributed by atoms with van der Waals surface area (Å²) >= 11 is 0. The van der Waals surface area contributed by atoms with Gasteiger partial charge >= 0.3 is 0 Å². The zero-order chi connectivity index (χ0) is 14.1. The van der Waals surface area contributed by atoms with Crippen LogP contribution in [0.2, 0.25) is 0 Å². The number of hydrogen-bond acceptors (Lipinski definition) is 3. The van der Waals surface area contributed by atoms with Crippen molar-refractivity contribution in [1.82, 2.24) is 10.2 Å². The van der Waals surface area contributed by atoms with E-state index < -0.39 is 17.4 Å². The highest BCUT2D eigenvalue weighted by Crippen LogP contribution is 2.22. The lowest BCUT2D eigenvalue weighted by Gasteiger charge is -2.08. The maximum atomic E-state index is 13.2. The number of halogens is 2. The molecule has 3 N–H and O–H groups in total. The van der Waals surface area contributed by atoms with Crippen molar-refractivity contribution in [3.8, 4) is 5.75 Å². The van der Waals surface area contributed by atoms with Crippen LogP contribution in [0.1, 0.15) is 5.56 Å². The molecule has 0 aliphatic rings. The van der Waals surface area contributed by atoms with Crippen LogP contribution in [-0.2, 0) is 6.54 Å². The van der Waals surface area contributed by atoms with E-state index >= 15 is 0 Å². The summed E-state index contributed by atoms with van der Waals surface area (Å²) in [6.45, 7) is 0.244. The molecule has 1 aromatic heterocycles. The Labute approximate surface area is 113 Å². The number of H-pyrrole nitrogens is 1. The van der Waals surface area contributed by atoms with Gasteiger partial charge in [-0.2, -0.15) is 5.10 Å². The van der Waals surface area contributed by atoms with Gasteiger partial charge in [-0.1, -0.05) is 0 Å². The van der Waals surface area contributed by atoms with Crippen LogP contribution in [0.3, 0.4) is 0 Å². The molecule has 102 valence electrons. The topological polar surface area (TPSA) is 60.9 Å². The second-order valence-corrected chi connectivity index (χ2v) is 4.43. The van der Waals surface area contributed by atoms with Crippen LogP contribution in [0.25, 0.3) is 10.9 Å². The Balaban J connectivity index is 1.78. The van der Waals surface area contributed by atoms with Gasteiger partial charge in [0.1, 0.15) is 0 Å². The number of aromatic amines is 1. The monoisotopic (exact) mass is 275 g/mol. The third-order valence-corrected chi connectivity index (χ3v) is 3.02. The maximum Gasteiger partial charge on any atom is 0.187 e. The molecule has 4 nitrogen and oxygen atoms in total.